The first-order chi connectivity index (χ1) is 7.90. The molecular weight excluding hydrogens is 229 g/mol. The van der Waals surface area contributed by atoms with Crippen molar-refractivity contribution in [3.63, 3.8) is 0 Å². The molecule has 0 fully saturated rings. The lowest BCUT2D eigenvalue weighted by molar-refractivity contribution is -0.386. The highest BCUT2D eigenvalue weighted by molar-refractivity contribution is 5.92. The fourth-order valence-corrected chi connectivity index (χ4v) is 1.66. The Bertz CT molecular complexity index is 485. The van der Waals surface area contributed by atoms with Crippen LogP contribution in [0.4, 0.5) is 10.1 Å². The molecule has 0 spiro atoms. The van der Waals surface area contributed by atoms with Gasteiger partial charge >= 0.3 is 5.97 Å². The maximum Gasteiger partial charge on any atom is 0.341 e. The Morgan fingerprint density at radius 1 is 1.53 bits per heavy atom. The van der Waals surface area contributed by atoms with E-state index < -0.39 is 16.7 Å². The molecule has 0 atom stereocenters. The molecule has 0 aliphatic carbocycles. The van der Waals surface area contributed by atoms with Crippen LogP contribution in [0.15, 0.2) is 6.07 Å². The summed E-state index contributed by atoms with van der Waals surface area (Å²) in [6.45, 7) is 4.41. The van der Waals surface area contributed by atoms with Crippen LogP contribution in [0, 0.1) is 29.8 Å². The molecule has 5 nitrogen and oxygen atoms in total. The molecule has 0 saturated carbocycles. The second-order valence-electron chi connectivity index (χ2n) is 3.50. The molecule has 92 valence electrons. The summed E-state index contributed by atoms with van der Waals surface area (Å²) >= 11 is 0. The zero-order valence-electron chi connectivity index (χ0n) is 9.74. The first-order valence-corrected chi connectivity index (χ1v) is 5.01. The Balaban J connectivity index is 3.46. The molecule has 0 radical (unpaired) electrons. The van der Waals surface area contributed by atoms with E-state index in [0.717, 1.165) is 6.07 Å². The van der Waals surface area contributed by atoms with E-state index in [-0.39, 0.29) is 29.0 Å². The quantitative estimate of drug-likeness (QED) is 0.463. The standard InChI is InChI=1S/C11H12FNO4/c1-4-17-11(14)9-7(3)10(13(15)16)6(2)5-8(9)12/h5H,4H2,1-3H3. The summed E-state index contributed by atoms with van der Waals surface area (Å²) in [5.41, 5.74) is -0.456. The van der Waals surface area contributed by atoms with Gasteiger partial charge in [0.15, 0.2) is 0 Å². The van der Waals surface area contributed by atoms with Crippen molar-refractivity contribution in [1.82, 2.24) is 0 Å². The lowest BCUT2D eigenvalue weighted by atomic mass is 10.0. The van der Waals surface area contributed by atoms with E-state index in [9.17, 15) is 19.3 Å². The summed E-state index contributed by atoms with van der Waals surface area (Å²) in [4.78, 5) is 21.7. The number of nitro groups is 1. The molecule has 0 saturated heterocycles. The number of rotatable bonds is 3. The summed E-state index contributed by atoms with van der Waals surface area (Å²) in [6.07, 6.45) is 0. The van der Waals surface area contributed by atoms with Gasteiger partial charge in [-0.3, -0.25) is 10.1 Å². The molecule has 1 rings (SSSR count). The monoisotopic (exact) mass is 241 g/mol. The third kappa shape index (κ3) is 2.41. The first-order valence-electron chi connectivity index (χ1n) is 5.01. The lowest BCUT2D eigenvalue weighted by Crippen LogP contribution is -2.12. The van der Waals surface area contributed by atoms with Crippen LogP contribution in [-0.4, -0.2) is 17.5 Å². The van der Waals surface area contributed by atoms with Crippen molar-refractivity contribution in [3.8, 4) is 0 Å². The van der Waals surface area contributed by atoms with Crippen LogP contribution in [0.1, 0.15) is 28.4 Å². The van der Waals surface area contributed by atoms with Crippen molar-refractivity contribution >= 4 is 11.7 Å². The van der Waals surface area contributed by atoms with Gasteiger partial charge in [0.05, 0.1) is 11.5 Å². The van der Waals surface area contributed by atoms with Crippen LogP contribution in [-0.2, 0) is 4.74 Å². The van der Waals surface area contributed by atoms with Crippen LogP contribution < -0.4 is 0 Å². The smallest absolute Gasteiger partial charge is 0.341 e. The summed E-state index contributed by atoms with van der Waals surface area (Å²) in [6, 6.07) is 0.970. The van der Waals surface area contributed by atoms with Gasteiger partial charge in [0.2, 0.25) is 0 Å². The number of carbonyl (C=O) groups is 1. The van der Waals surface area contributed by atoms with Gasteiger partial charge in [-0.1, -0.05) is 0 Å². The molecule has 1 aromatic rings. The Kier molecular flexibility index (Phi) is 3.77. The fraction of sp³-hybridized carbons (Fsp3) is 0.364. The summed E-state index contributed by atoms with van der Waals surface area (Å²) < 4.78 is 18.3. The Hall–Kier alpha value is -1.98. The van der Waals surface area contributed by atoms with Crippen LogP contribution >= 0.6 is 0 Å². The highest BCUT2D eigenvalue weighted by atomic mass is 19.1. The molecule has 0 N–H and O–H groups in total. The number of nitro benzene ring substituents is 1. The van der Waals surface area contributed by atoms with Gasteiger partial charge in [-0.2, -0.15) is 0 Å². The van der Waals surface area contributed by atoms with E-state index in [2.05, 4.69) is 4.74 Å². The van der Waals surface area contributed by atoms with Gasteiger partial charge in [0, 0.05) is 11.1 Å². The van der Waals surface area contributed by atoms with E-state index in [0.29, 0.717) is 0 Å². The van der Waals surface area contributed by atoms with Crippen molar-refractivity contribution in [2.75, 3.05) is 6.61 Å². The number of carbonyl (C=O) groups excluding carboxylic acids is 1. The number of hydrogen-bond acceptors (Lipinski definition) is 4. The Morgan fingerprint density at radius 2 is 2.12 bits per heavy atom. The van der Waals surface area contributed by atoms with Gasteiger partial charge in [0.1, 0.15) is 11.4 Å². The third-order valence-corrected chi connectivity index (χ3v) is 2.35. The molecule has 1 aromatic carbocycles. The van der Waals surface area contributed by atoms with E-state index in [4.69, 9.17) is 0 Å². The first kappa shape index (κ1) is 13.1. The average Bonchev–Trinajstić information content (AvgIpc) is 2.15. The SMILES string of the molecule is CCOC(=O)c1c(F)cc(C)c([N+](=O)[O-])c1C. The maximum atomic E-state index is 13.6. The molecule has 0 bridgehead atoms. The fourth-order valence-electron chi connectivity index (χ4n) is 1.66. The molecule has 6 heteroatoms. The molecule has 0 unspecified atom stereocenters. The maximum absolute atomic E-state index is 13.6. The van der Waals surface area contributed by atoms with Crippen LogP contribution in [0.2, 0.25) is 0 Å². The van der Waals surface area contributed by atoms with Crippen LogP contribution in [0.3, 0.4) is 0 Å². The normalized spacial score (nSPS) is 10.1. The number of aryl methyl sites for hydroxylation is 1. The largest absolute Gasteiger partial charge is 0.462 e. The summed E-state index contributed by atoms with van der Waals surface area (Å²) in [5.74, 6) is -1.69. The number of benzene rings is 1. The number of nitrogens with zero attached hydrogens (tertiary/aromatic N) is 1. The highest BCUT2D eigenvalue weighted by Gasteiger charge is 2.26. The predicted molar refractivity (Wildman–Crippen MR) is 58.5 cm³/mol. The summed E-state index contributed by atoms with van der Waals surface area (Å²) in [7, 11) is 0. The second-order valence-corrected chi connectivity index (χ2v) is 3.50. The number of esters is 1. The van der Waals surface area contributed by atoms with E-state index in [1.807, 2.05) is 0 Å². The average molecular weight is 241 g/mol. The van der Waals surface area contributed by atoms with Crippen molar-refractivity contribution < 1.29 is 18.8 Å². The van der Waals surface area contributed by atoms with Gasteiger partial charge in [0.25, 0.3) is 5.69 Å². The molecule has 0 amide bonds. The van der Waals surface area contributed by atoms with E-state index in [1.54, 1.807) is 6.92 Å². The molecule has 0 heterocycles. The van der Waals surface area contributed by atoms with Crippen molar-refractivity contribution in [2.24, 2.45) is 0 Å². The van der Waals surface area contributed by atoms with Crippen molar-refractivity contribution in [3.05, 3.63) is 38.7 Å². The van der Waals surface area contributed by atoms with E-state index in [1.165, 1.54) is 13.8 Å². The van der Waals surface area contributed by atoms with Crippen LogP contribution in [0.5, 0.6) is 0 Å². The van der Waals surface area contributed by atoms with Crippen LogP contribution in [0.25, 0.3) is 0 Å². The minimum atomic E-state index is -0.884. The molecule has 17 heavy (non-hydrogen) atoms. The lowest BCUT2D eigenvalue weighted by Gasteiger charge is -2.08. The number of halogens is 1. The third-order valence-electron chi connectivity index (χ3n) is 2.35. The second kappa shape index (κ2) is 4.90. The highest BCUT2D eigenvalue weighted by Crippen LogP contribution is 2.28. The molecular formula is C11H12FNO4. The van der Waals surface area contributed by atoms with Gasteiger partial charge in [-0.15, -0.1) is 0 Å². The van der Waals surface area contributed by atoms with Crippen molar-refractivity contribution in [2.45, 2.75) is 20.8 Å². The zero-order chi connectivity index (χ0) is 13.2. The Morgan fingerprint density at radius 3 is 2.59 bits per heavy atom. The minimum Gasteiger partial charge on any atom is -0.462 e. The van der Waals surface area contributed by atoms with Gasteiger partial charge in [-0.05, 0) is 26.8 Å². The Labute approximate surface area is 97.3 Å². The van der Waals surface area contributed by atoms with Gasteiger partial charge in [-0.25, -0.2) is 9.18 Å². The number of hydrogen-bond donors (Lipinski definition) is 0. The topological polar surface area (TPSA) is 69.4 Å². The molecule has 0 aromatic heterocycles. The van der Waals surface area contributed by atoms with Crippen molar-refractivity contribution in [1.29, 1.82) is 0 Å². The van der Waals surface area contributed by atoms with E-state index >= 15 is 0 Å². The zero-order valence-corrected chi connectivity index (χ0v) is 9.74. The summed E-state index contributed by atoms with van der Waals surface area (Å²) in [5, 5.41) is 10.8. The minimum absolute atomic E-state index is 0.00838. The predicted octanol–water partition coefficient (Wildman–Crippen LogP) is 2.53. The molecule has 0 aliphatic heterocycles. The molecule has 0 aliphatic rings. The number of ether oxygens (including phenoxy) is 1. The van der Waals surface area contributed by atoms with Gasteiger partial charge < -0.3 is 4.74 Å².